The van der Waals surface area contributed by atoms with Crippen LogP contribution in [0.3, 0.4) is 0 Å². The van der Waals surface area contributed by atoms with Gasteiger partial charge in [0.05, 0.1) is 23.1 Å². The van der Waals surface area contributed by atoms with E-state index in [2.05, 4.69) is 35.4 Å². The summed E-state index contributed by atoms with van der Waals surface area (Å²) in [5, 5.41) is 3.05. The van der Waals surface area contributed by atoms with E-state index in [0.717, 1.165) is 18.4 Å². The van der Waals surface area contributed by atoms with Crippen molar-refractivity contribution in [2.45, 2.75) is 30.6 Å². The van der Waals surface area contributed by atoms with Gasteiger partial charge in [-0.05, 0) is 54.3 Å². The van der Waals surface area contributed by atoms with Crippen molar-refractivity contribution in [1.82, 2.24) is 5.32 Å². The summed E-state index contributed by atoms with van der Waals surface area (Å²) in [5.41, 5.74) is 4.70. The Bertz CT molecular complexity index is 936. The molecule has 0 spiro atoms. The lowest BCUT2D eigenvalue weighted by atomic mass is 9.88. The first-order valence-corrected chi connectivity index (χ1v) is 10.3. The third-order valence-corrected chi connectivity index (χ3v) is 6.44. The summed E-state index contributed by atoms with van der Waals surface area (Å²) < 4.78 is 24.7. The molecule has 1 aliphatic rings. The average Bonchev–Trinajstić information content (AvgIpc) is 2.79. The van der Waals surface area contributed by atoms with E-state index in [1.807, 2.05) is 25.2 Å². The first-order chi connectivity index (χ1) is 12.1. The number of fused-ring (bicyclic) bond motifs is 2. The molecule has 0 radical (unpaired) electrons. The van der Waals surface area contributed by atoms with Crippen LogP contribution in [0.15, 0.2) is 47.4 Å². The molecule has 0 aliphatic heterocycles. The minimum atomic E-state index is -3.23. The van der Waals surface area contributed by atoms with Gasteiger partial charge in [-0.1, -0.05) is 49.1 Å². The standard InChI is InChI=1S/C21H23NO2S/c1-3-25(23,24)18-13-12-17-11-10-16-7-4-5-8-19(16)20(21(17)15-18)9-6-14-22-2/h4-5,7-8,12-13,15,20,22H,3,10-11,14H2,1-2H3. The highest BCUT2D eigenvalue weighted by molar-refractivity contribution is 7.91. The molecule has 0 saturated carbocycles. The lowest BCUT2D eigenvalue weighted by Gasteiger charge is -2.16. The van der Waals surface area contributed by atoms with Gasteiger partial charge >= 0.3 is 0 Å². The molecule has 0 fully saturated rings. The Morgan fingerprint density at radius 2 is 1.80 bits per heavy atom. The largest absolute Gasteiger partial charge is 0.309 e. The van der Waals surface area contributed by atoms with Gasteiger partial charge in [-0.2, -0.15) is 0 Å². The fraction of sp³-hybridized carbons (Fsp3) is 0.333. The number of rotatable bonds is 3. The molecule has 4 heteroatoms. The van der Waals surface area contributed by atoms with Crippen LogP contribution in [0.2, 0.25) is 0 Å². The molecule has 0 bridgehead atoms. The maximum atomic E-state index is 12.3. The Labute approximate surface area is 150 Å². The predicted molar refractivity (Wildman–Crippen MR) is 102 cm³/mol. The molecular weight excluding hydrogens is 330 g/mol. The molecule has 0 heterocycles. The van der Waals surface area contributed by atoms with Crippen molar-refractivity contribution in [3.63, 3.8) is 0 Å². The lowest BCUT2D eigenvalue weighted by molar-refractivity contribution is 0.597. The quantitative estimate of drug-likeness (QED) is 0.863. The van der Waals surface area contributed by atoms with Crippen LogP contribution >= 0.6 is 0 Å². The Hall–Kier alpha value is -2.09. The molecule has 1 N–H and O–H groups in total. The minimum Gasteiger partial charge on any atom is -0.309 e. The molecule has 25 heavy (non-hydrogen) atoms. The molecule has 130 valence electrons. The third-order valence-electron chi connectivity index (χ3n) is 4.71. The van der Waals surface area contributed by atoms with Gasteiger partial charge in [-0.3, -0.25) is 0 Å². The summed E-state index contributed by atoms with van der Waals surface area (Å²) in [4.78, 5) is 0.397. The van der Waals surface area contributed by atoms with Crippen molar-refractivity contribution < 1.29 is 8.42 Å². The summed E-state index contributed by atoms with van der Waals surface area (Å²) in [7, 11) is -1.36. The van der Waals surface area contributed by atoms with Gasteiger partial charge in [0.25, 0.3) is 0 Å². The normalized spacial score (nSPS) is 16.2. The van der Waals surface area contributed by atoms with E-state index < -0.39 is 9.84 Å². The van der Waals surface area contributed by atoms with Crippen molar-refractivity contribution in [3.8, 4) is 11.8 Å². The van der Waals surface area contributed by atoms with Crippen molar-refractivity contribution in [1.29, 1.82) is 0 Å². The van der Waals surface area contributed by atoms with Crippen molar-refractivity contribution >= 4 is 9.84 Å². The van der Waals surface area contributed by atoms with Crippen molar-refractivity contribution in [2.75, 3.05) is 19.3 Å². The molecule has 1 aliphatic carbocycles. The van der Waals surface area contributed by atoms with Gasteiger partial charge in [0.2, 0.25) is 0 Å². The van der Waals surface area contributed by atoms with E-state index in [0.29, 0.717) is 11.4 Å². The van der Waals surface area contributed by atoms with Gasteiger partial charge in [-0.15, -0.1) is 0 Å². The van der Waals surface area contributed by atoms with Gasteiger partial charge < -0.3 is 5.32 Å². The Morgan fingerprint density at radius 3 is 2.52 bits per heavy atom. The van der Waals surface area contributed by atoms with Crippen LogP contribution in [0, 0.1) is 11.8 Å². The summed E-state index contributed by atoms with van der Waals surface area (Å²) in [6.45, 7) is 2.29. The van der Waals surface area contributed by atoms with E-state index in [1.165, 1.54) is 16.7 Å². The van der Waals surface area contributed by atoms with Crippen LogP contribution in [-0.4, -0.2) is 27.8 Å². The molecule has 1 atom stereocenters. The number of sulfone groups is 1. The van der Waals surface area contributed by atoms with E-state index in [9.17, 15) is 8.42 Å². The molecular formula is C21H23NO2S. The van der Waals surface area contributed by atoms with E-state index >= 15 is 0 Å². The molecule has 0 saturated heterocycles. The Morgan fingerprint density at radius 1 is 1.08 bits per heavy atom. The zero-order valence-corrected chi connectivity index (χ0v) is 15.5. The van der Waals surface area contributed by atoms with Crippen LogP contribution in [0.1, 0.15) is 35.1 Å². The fourth-order valence-corrected chi connectivity index (χ4v) is 4.22. The van der Waals surface area contributed by atoms with Crippen LogP contribution in [0.4, 0.5) is 0 Å². The van der Waals surface area contributed by atoms with Crippen LogP contribution < -0.4 is 5.32 Å². The topological polar surface area (TPSA) is 46.2 Å². The summed E-state index contributed by atoms with van der Waals surface area (Å²) in [6.07, 6.45) is 1.86. The van der Waals surface area contributed by atoms with Crippen LogP contribution in [0.25, 0.3) is 0 Å². The van der Waals surface area contributed by atoms with Gasteiger partial charge in [0.15, 0.2) is 9.84 Å². The Kier molecular flexibility index (Phi) is 5.27. The summed E-state index contributed by atoms with van der Waals surface area (Å²) >= 11 is 0. The molecule has 0 aromatic heterocycles. The van der Waals surface area contributed by atoms with Gasteiger partial charge in [0.1, 0.15) is 0 Å². The average molecular weight is 353 g/mol. The lowest BCUT2D eigenvalue weighted by Crippen LogP contribution is -2.09. The molecule has 1 unspecified atom stereocenters. The second-order valence-corrected chi connectivity index (χ2v) is 8.53. The molecule has 3 nitrogen and oxygen atoms in total. The van der Waals surface area contributed by atoms with Crippen molar-refractivity contribution in [2.24, 2.45) is 0 Å². The maximum Gasteiger partial charge on any atom is 0.178 e. The highest BCUT2D eigenvalue weighted by Crippen LogP contribution is 2.35. The van der Waals surface area contributed by atoms with E-state index in [4.69, 9.17) is 0 Å². The second kappa shape index (κ2) is 7.43. The first-order valence-electron chi connectivity index (χ1n) is 8.63. The zero-order chi connectivity index (χ0) is 17.9. The van der Waals surface area contributed by atoms with Crippen LogP contribution in [-0.2, 0) is 22.7 Å². The monoisotopic (exact) mass is 353 g/mol. The van der Waals surface area contributed by atoms with E-state index in [1.54, 1.807) is 13.0 Å². The minimum absolute atomic E-state index is 0.0888. The number of benzene rings is 2. The first kappa shape index (κ1) is 17.7. The summed E-state index contributed by atoms with van der Waals surface area (Å²) in [5.74, 6) is 6.56. The molecule has 0 amide bonds. The van der Waals surface area contributed by atoms with Crippen molar-refractivity contribution in [3.05, 3.63) is 64.7 Å². The molecule has 2 aromatic carbocycles. The predicted octanol–water partition coefficient (Wildman–Crippen LogP) is 2.93. The number of hydrogen-bond donors (Lipinski definition) is 1. The number of aryl methyl sites for hydroxylation is 2. The number of hydrogen-bond acceptors (Lipinski definition) is 3. The third kappa shape index (κ3) is 3.63. The van der Waals surface area contributed by atoms with E-state index in [-0.39, 0.29) is 11.7 Å². The maximum absolute atomic E-state index is 12.3. The SMILES string of the molecule is CCS(=O)(=O)c1ccc2c(c1)C(C#CCNC)c1ccccc1CC2. The smallest absolute Gasteiger partial charge is 0.178 e. The summed E-state index contributed by atoms with van der Waals surface area (Å²) in [6, 6.07) is 13.9. The van der Waals surface area contributed by atoms with Gasteiger partial charge in [-0.25, -0.2) is 8.42 Å². The second-order valence-electron chi connectivity index (χ2n) is 6.25. The zero-order valence-electron chi connectivity index (χ0n) is 14.7. The molecule has 2 aromatic rings. The highest BCUT2D eigenvalue weighted by atomic mass is 32.2. The number of nitrogens with one attached hydrogen (secondary N) is 1. The van der Waals surface area contributed by atoms with Gasteiger partial charge in [0, 0.05) is 0 Å². The fourth-order valence-electron chi connectivity index (χ4n) is 3.31. The van der Waals surface area contributed by atoms with Crippen LogP contribution in [0.5, 0.6) is 0 Å². The Balaban J connectivity index is 2.19. The highest BCUT2D eigenvalue weighted by Gasteiger charge is 2.24. The molecule has 3 rings (SSSR count).